The maximum absolute atomic E-state index is 12.4. The second-order valence-corrected chi connectivity index (χ2v) is 8.19. The molecule has 0 aliphatic heterocycles. The van der Waals surface area contributed by atoms with E-state index in [4.69, 9.17) is 11.6 Å². The number of hydrogen-bond donors (Lipinski definition) is 1. The van der Waals surface area contributed by atoms with Gasteiger partial charge >= 0.3 is 0 Å². The molecule has 0 radical (unpaired) electrons. The van der Waals surface area contributed by atoms with Crippen LogP contribution in [0.5, 0.6) is 0 Å². The first-order chi connectivity index (χ1) is 9.70. The number of nitrogens with one attached hydrogen (secondary N) is 1. The summed E-state index contributed by atoms with van der Waals surface area (Å²) in [6.07, 6.45) is 1.44. The predicted molar refractivity (Wildman–Crippen MR) is 91.4 cm³/mol. The van der Waals surface area contributed by atoms with Gasteiger partial charge in [-0.2, -0.15) is 0 Å². The standard InChI is InChI=1S/C13H11Br2ClN2O2S/c1-7-3-10(4-8(2)12(7)15)18-21(19,20)11-5-9(14)6-17-13(11)16/h3-6,18H,1-2H3. The van der Waals surface area contributed by atoms with E-state index >= 15 is 0 Å². The molecule has 1 heterocycles. The minimum absolute atomic E-state index is 0.0724. The molecule has 0 unspecified atom stereocenters. The Hall–Kier alpha value is -0.630. The third-order valence-electron chi connectivity index (χ3n) is 2.75. The highest BCUT2D eigenvalue weighted by Gasteiger charge is 2.20. The Morgan fingerprint density at radius 1 is 1.14 bits per heavy atom. The van der Waals surface area contributed by atoms with Crippen molar-refractivity contribution in [2.24, 2.45) is 0 Å². The first-order valence-electron chi connectivity index (χ1n) is 5.81. The third-order valence-corrected chi connectivity index (χ3v) is 6.24. The second-order valence-electron chi connectivity index (χ2n) is 4.47. The molecule has 0 fully saturated rings. The summed E-state index contributed by atoms with van der Waals surface area (Å²) in [6, 6.07) is 4.90. The van der Waals surface area contributed by atoms with Crippen molar-refractivity contribution in [1.29, 1.82) is 0 Å². The predicted octanol–water partition coefficient (Wildman–Crippen LogP) is 4.68. The molecule has 8 heteroatoms. The van der Waals surface area contributed by atoms with E-state index in [-0.39, 0.29) is 10.0 Å². The number of benzene rings is 1. The molecule has 4 nitrogen and oxygen atoms in total. The van der Waals surface area contributed by atoms with Crippen LogP contribution in [0.4, 0.5) is 5.69 Å². The zero-order valence-corrected chi connectivity index (χ0v) is 15.9. The number of anilines is 1. The van der Waals surface area contributed by atoms with Crippen LogP contribution in [-0.2, 0) is 10.0 Å². The van der Waals surface area contributed by atoms with Crippen molar-refractivity contribution in [1.82, 2.24) is 4.98 Å². The number of halogens is 3. The Morgan fingerprint density at radius 3 is 2.29 bits per heavy atom. The van der Waals surface area contributed by atoms with Crippen LogP contribution in [-0.4, -0.2) is 13.4 Å². The van der Waals surface area contributed by atoms with E-state index in [9.17, 15) is 8.42 Å². The maximum Gasteiger partial charge on any atom is 0.265 e. The fourth-order valence-electron chi connectivity index (χ4n) is 1.81. The molecule has 112 valence electrons. The molecule has 2 rings (SSSR count). The smallest absolute Gasteiger partial charge is 0.265 e. The van der Waals surface area contributed by atoms with Gasteiger partial charge in [0.25, 0.3) is 10.0 Å². The van der Waals surface area contributed by atoms with Crippen molar-refractivity contribution < 1.29 is 8.42 Å². The largest absolute Gasteiger partial charge is 0.280 e. The molecule has 2 aromatic rings. The third kappa shape index (κ3) is 3.77. The minimum Gasteiger partial charge on any atom is -0.280 e. The number of pyridine rings is 1. The average molecular weight is 455 g/mol. The molecule has 21 heavy (non-hydrogen) atoms. The van der Waals surface area contributed by atoms with E-state index in [1.807, 2.05) is 13.8 Å². The molecule has 0 atom stereocenters. The van der Waals surface area contributed by atoms with Crippen molar-refractivity contribution >= 4 is 59.2 Å². The fourth-order valence-corrected chi connectivity index (χ4v) is 4.02. The molecule has 1 aromatic heterocycles. The van der Waals surface area contributed by atoms with Gasteiger partial charge in [-0.15, -0.1) is 0 Å². The van der Waals surface area contributed by atoms with Crippen LogP contribution in [0, 0.1) is 13.8 Å². The molecule has 1 aromatic carbocycles. The van der Waals surface area contributed by atoms with Gasteiger partial charge in [0.1, 0.15) is 10.0 Å². The Morgan fingerprint density at radius 2 is 1.71 bits per heavy atom. The Bertz CT molecular complexity index is 787. The van der Waals surface area contributed by atoms with Crippen molar-refractivity contribution in [2.75, 3.05) is 4.72 Å². The van der Waals surface area contributed by atoms with Crippen LogP contribution < -0.4 is 4.72 Å². The van der Waals surface area contributed by atoms with Gasteiger partial charge in [-0.3, -0.25) is 4.72 Å². The molecule has 0 saturated heterocycles. The van der Waals surface area contributed by atoms with Crippen molar-refractivity contribution in [3.05, 3.63) is 49.6 Å². The van der Waals surface area contributed by atoms with Gasteiger partial charge in [-0.1, -0.05) is 27.5 Å². The maximum atomic E-state index is 12.4. The van der Waals surface area contributed by atoms with Gasteiger partial charge in [0.2, 0.25) is 0 Å². The minimum atomic E-state index is -3.80. The lowest BCUT2D eigenvalue weighted by Crippen LogP contribution is -2.14. The average Bonchev–Trinajstić information content (AvgIpc) is 2.38. The Kier molecular flexibility index (Phi) is 4.97. The first kappa shape index (κ1) is 16.7. The van der Waals surface area contributed by atoms with E-state index in [1.165, 1.54) is 12.3 Å². The molecular formula is C13H11Br2ClN2O2S. The van der Waals surface area contributed by atoms with E-state index < -0.39 is 10.0 Å². The summed E-state index contributed by atoms with van der Waals surface area (Å²) in [4.78, 5) is 3.76. The number of nitrogens with zero attached hydrogens (tertiary/aromatic N) is 1. The number of hydrogen-bond acceptors (Lipinski definition) is 3. The van der Waals surface area contributed by atoms with Crippen LogP contribution in [0.15, 0.2) is 38.2 Å². The highest BCUT2D eigenvalue weighted by atomic mass is 79.9. The molecule has 0 aliphatic carbocycles. The molecular weight excluding hydrogens is 443 g/mol. The topological polar surface area (TPSA) is 59.1 Å². The highest BCUT2D eigenvalue weighted by Crippen LogP contribution is 2.28. The van der Waals surface area contributed by atoms with Crippen molar-refractivity contribution in [3.8, 4) is 0 Å². The monoisotopic (exact) mass is 452 g/mol. The summed E-state index contributed by atoms with van der Waals surface area (Å²) in [5.41, 5.74) is 2.35. The van der Waals surface area contributed by atoms with Crippen molar-refractivity contribution in [3.63, 3.8) is 0 Å². The SMILES string of the molecule is Cc1cc(NS(=O)(=O)c2cc(Br)cnc2Cl)cc(C)c1Br. The zero-order chi connectivity index (χ0) is 15.8. The van der Waals surface area contributed by atoms with E-state index in [0.717, 1.165) is 15.6 Å². The van der Waals surface area contributed by atoms with Gasteiger partial charge in [0.15, 0.2) is 0 Å². The molecule has 0 saturated carbocycles. The normalized spacial score (nSPS) is 11.5. The number of rotatable bonds is 3. The Labute approximate surface area is 145 Å². The summed E-state index contributed by atoms with van der Waals surface area (Å²) < 4.78 is 28.8. The number of aromatic nitrogens is 1. The quantitative estimate of drug-likeness (QED) is 0.686. The summed E-state index contributed by atoms with van der Waals surface area (Å²) in [7, 11) is -3.80. The van der Waals surface area contributed by atoms with Crippen LogP contribution >= 0.6 is 43.5 Å². The van der Waals surface area contributed by atoms with Crippen LogP contribution in [0.2, 0.25) is 5.15 Å². The molecule has 0 bridgehead atoms. The molecule has 0 amide bonds. The summed E-state index contributed by atoms with van der Waals surface area (Å²) in [5, 5.41) is -0.0729. The van der Waals surface area contributed by atoms with E-state index in [2.05, 4.69) is 41.6 Å². The second kappa shape index (κ2) is 6.24. The van der Waals surface area contributed by atoms with Gasteiger partial charge in [-0.25, -0.2) is 13.4 Å². The fraction of sp³-hybridized carbons (Fsp3) is 0.154. The van der Waals surface area contributed by atoms with Crippen LogP contribution in [0.3, 0.4) is 0 Å². The van der Waals surface area contributed by atoms with Crippen molar-refractivity contribution in [2.45, 2.75) is 18.7 Å². The number of sulfonamides is 1. The zero-order valence-electron chi connectivity index (χ0n) is 11.1. The van der Waals surface area contributed by atoms with Gasteiger partial charge in [0.05, 0.1) is 0 Å². The van der Waals surface area contributed by atoms with Crippen LogP contribution in [0.1, 0.15) is 11.1 Å². The molecule has 0 aliphatic rings. The first-order valence-corrected chi connectivity index (χ1v) is 9.26. The van der Waals surface area contributed by atoms with Gasteiger partial charge in [0, 0.05) is 20.8 Å². The van der Waals surface area contributed by atoms with Gasteiger partial charge in [-0.05, 0) is 59.1 Å². The lowest BCUT2D eigenvalue weighted by Gasteiger charge is -2.12. The van der Waals surface area contributed by atoms with Gasteiger partial charge < -0.3 is 0 Å². The van der Waals surface area contributed by atoms with E-state index in [0.29, 0.717) is 10.2 Å². The summed E-state index contributed by atoms with van der Waals surface area (Å²) in [5.74, 6) is 0. The molecule has 0 spiro atoms. The number of aryl methyl sites for hydroxylation is 2. The summed E-state index contributed by atoms with van der Waals surface area (Å²) in [6.45, 7) is 3.78. The van der Waals surface area contributed by atoms with E-state index in [1.54, 1.807) is 12.1 Å². The summed E-state index contributed by atoms with van der Waals surface area (Å²) >= 11 is 12.5. The molecule has 1 N–H and O–H groups in total. The Balaban J connectivity index is 2.45. The highest BCUT2D eigenvalue weighted by molar-refractivity contribution is 9.10. The lowest BCUT2D eigenvalue weighted by atomic mass is 10.1. The lowest BCUT2D eigenvalue weighted by molar-refractivity contribution is 0.601. The van der Waals surface area contributed by atoms with Crippen LogP contribution in [0.25, 0.3) is 0 Å².